The van der Waals surface area contributed by atoms with E-state index in [0.29, 0.717) is 5.56 Å². The lowest BCUT2D eigenvalue weighted by Crippen LogP contribution is -2.08. The Morgan fingerprint density at radius 3 is 2.61 bits per heavy atom. The molecule has 0 saturated carbocycles. The summed E-state index contributed by atoms with van der Waals surface area (Å²) in [7, 11) is 0. The van der Waals surface area contributed by atoms with Crippen LogP contribution in [0.4, 0.5) is 5.69 Å². The summed E-state index contributed by atoms with van der Waals surface area (Å²) in [5.41, 5.74) is 3.82. The van der Waals surface area contributed by atoms with Crippen molar-refractivity contribution in [1.29, 1.82) is 5.26 Å². The zero-order valence-corrected chi connectivity index (χ0v) is 10.5. The largest absolute Gasteiger partial charge is 0.376 e. The lowest BCUT2D eigenvalue weighted by molar-refractivity contribution is 0.881. The van der Waals surface area contributed by atoms with Crippen molar-refractivity contribution in [3.8, 4) is 6.07 Å². The van der Waals surface area contributed by atoms with Crippen LogP contribution in [0.2, 0.25) is 0 Å². The van der Waals surface area contributed by atoms with Crippen LogP contribution >= 0.6 is 0 Å². The molecule has 2 aromatic rings. The second-order valence-corrected chi connectivity index (χ2v) is 4.31. The van der Waals surface area contributed by atoms with Gasteiger partial charge in [0.2, 0.25) is 0 Å². The molecule has 0 aliphatic heterocycles. The molecule has 0 fully saturated rings. The Labute approximate surface area is 107 Å². The number of hydrogen-bond donors (Lipinski definition) is 1. The monoisotopic (exact) mass is 237 g/mol. The summed E-state index contributed by atoms with van der Waals surface area (Å²) in [6, 6.07) is 12.4. The van der Waals surface area contributed by atoms with Gasteiger partial charge in [0.05, 0.1) is 17.4 Å². The maximum atomic E-state index is 9.02. The van der Waals surface area contributed by atoms with Gasteiger partial charge in [-0.2, -0.15) is 5.26 Å². The fraction of sp³-hybridized carbons (Fsp3) is 0.200. The molecule has 1 N–H and O–H groups in total. The van der Waals surface area contributed by atoms with Crippen molar-refractivity contribution >= 4 is 5.69 Å². The SMILES string of the molecule is Cc1ccc(C(C)Nc2cnccc2C#N)cc1. The summed E-state index contributed by atoms with van der Waals surface area (Å²) in [6.45, 7) is 4.13. The number of aryl methyl sites for hydroxylation is 1. The van der Waals surface area contributed by atoms with Crippen molar-refractivity contribution < 1.29 is 0 Å². The summed E-state index contributed by atoms with van der Waals surface area (Å²) >= 11 is 0. The second-order valence-electron chi connectivity index (χ2n) is 4.31. The summed E-state index contributed by atoms with van der Waals surface area (Å²) in [4.78, 5) is 4.04. The first kappa shape index (κ1) is 12.1. The van der Waals surface area contributed by atoms with Crippen LogP contribution in [-0.2, 0) is 0 Å². The van der Waals surface area contributed by atoms with Crippen LogP contribution in [0.25, 0.3) is 0 Å². The summed E-state index contributed by atoms with van der Waals surface area (Å²) in [5.74, 6) is 0. The van der Waals surface area contributed by atoms with E-state index in [1.165, 1.54) is 11.1 Å². The van der Waals surface area contributed by atoms with Gasteiger partial charge in [-0.1, -0.05) is 29.8 Å². The van der Waals surface area contributed by atoms with Crippen LogP contribution in [0, 0.1) is 18.3 Å². The smallest absolute Gasteiger partial charge is 0.101 e. The number of aromatic nitrogens is 1. The van der Waals surface area contributed by atoms with E-state index in [0.717, 1.165) is 5.69 Å². The molecule has 90 valence electrons. The third-order valence-corrected chi connectivity index (χ3v) is 2.89. The van der Waals surface area contributed by atoms with E-state index in [2.05, 4.69) is 54.5 Å². The van der Waals surface area contributed by atoms with Crippen LogP contribution < -0.4 is 5.32 Å². The van der Waals surface area contributed by atoms with Gasteiger partial charge >= 0.3 is 0 Å². The number of nitrogens with zero attached hydrogens (tertiary/aromatic N) is 2. The average molecular weight is 237 g/mol. The topological polar surface area (TPSA) is 48.7 Å². The number of hydrogen-bond acceptors (Lipinski definition) is 3. The number of rotatable bonds is 3. The highest BCUT2D eigenvalue weighted by Crippen LogP contribution is 2.21. The van der Waals surface area contributed by atoms with Crippen LogP contribution in [0.5, 0.6) is 0 Å². The summed E-state index contributed by atoms with van der Waals surface area (Å²) in [6.07, 6.45) is 3.31. The molecule has 0 aliphatic carbocycles. The van der Waals surface area contributed by atoms with Crippen molar-refractivity contribution in [2.24, 2.45) is 0 Å². The van der Waals surface area contributed by atoms with Gasteiger partial charge in [-0.25, -0.2) is 0 Å². The number of anilines is 1. The first-order valence-electron chi connectivity index (χ1n) is 5.88. The number of nitriles is 1. The van der Waals surface area contributed by atoms with Crippen molar-refractivity contribution in [2.75, 3.05) is 5.32 Å². The van der Waals surface area contributed by atoms with Gasteiger partial charge in [-0.05, 0) is 25.5 Å². The van der Waals surface area contributed by atoms with Gasteiger partial charge in [0.1, 0.15) is 6.07 Å². The number of pyridine rings is 1. The molecule has 1 aromatic heterocycles. The molecule has 2 rings (SSSR count). The van der Waals surface area contributed by atoms with Gasteiger partial charge in [0, 0.05) is 12.2 Å². The molecule has 1 unspecified atom stereocenters. The molecule has 3 heteroatoms. The van der Waals surface area contributed by atoms with E-state index >= 15 is 0 Å². The van der Waals surface area contributed by atoms with Crippen molar-refractivity contribution in [3.63, 3.8) is 0 Å². The van der Waals surface area contributed by atoms with Gasteiger partial charge < -0.3 is 5.32 Å². The predicted octanol–water partition coefficient (Wildman–Crippen LogP) is 3.43. The Bertz CT molecular complexity index is 567. The predicted molar refractivity (Wildman–Crippen MR) is 72.2 cm³/mol. The highest BCUT2D eigenvalue weighted by atomic mass is 14.9. The zero-order chi connectivity index (χ0) is 13.0. The highest BCUT2D eigenvalue weighted by Gasteiger charge is 2.07. The molecule has 0 bridgehead atoms. The molecular weight excluding hydrogens is 222 g/mol. The average Bonchev–Trinajstić information content (AvgIpc) is 2.40. The molecule has 0 radical (unpaired) electrons. The van der Waals surface area contributed by atoms with Crippen LogP contribution in [-0.4, -0.2) is 4.98 Å². The van der Waals surface area contributed by atoms with Crippen molar-refractivity contribution in [3.05, 3.63) is 59.4 Å². The fourth-order valence-corrected chi connectivity index (χ4v) is 1.78. The van der Waals surface area contributed by atoms with E-state index in [4.69, 9.17) is 5.26 Å². The molecule has 0 saturated heterocycles. The minimum Gasteiger partial charge on any atom is -0.376 e. The Hall–Kier alpha value is -2.34. The third-order valence-electron chi connectivity index (χ3n) is 2.89. The Balaban J connectivity index is 2.19. The van der Waals surface area contributed by atoms with Gasteiger partial charge in [0.25, 0.3) is 0 Å². The van der Waals surface area contributed by atoms with Crippen molar-refractivity contribution in [2.45, 2.75) is 19.9 Å². The summed E-state index contributed by atoms with van der Waals surface area (Å²) < 4.78 is 0. The standard InChI is InChI=1S/C15H15N3/c1-11-3-5-13(6-4-11)12(2)18-15-10-17-8-7-14(15)9-16/h3-8,10,12,18H,1-2H3. The maximum absolute atomic E-state index is 9.02. The minimum absolute atomic E-state index is 0.141. The normalized spacial score (nSPS) is 11.6. The van der Waals surface area contributed by atoms with E-state index in [1.807, 2.05) is 0 Å². The quantitative estimate of drug-likeness (QED) is 0.889. The first-order valence-corrected chi connectivity index (χ1v) is 5.88. The van der Waals surface area contributed by atoms with Crippen LogP contribution in [0.3, 0.4) is 0 Å². The molecule has 0 aliphatic rings. The molecule has 1 aromatic carbocycles. The third kappa shape index (κ3) is 2.67. The lowest BCUT2D eigenvalue weighted by Gasteiger charge is -2.16. The van der Waals surface area contributed by atoms with Gasteiger partial charge in [-0.15, -0.1) is 0 Å². The zero-order valence-electron chi connectivity index (χ0n) is 10.5. The molecule has 0 spiro atoms. The summed E-state index contributed by atoms with van der Waals surface area (Å²) in [5, 5.41) is 12.3. The fourth-order valence-electron chi connectivity index (χ4n) is 1.78. The minimum atomic E-state index is 0.141. The van der Waals surface area contributed by atoms with E-state index in [1.54, 1.807) is 18.5 Å². The Morgan fingerprint density at radius 2 is 1.94 bits per heavy atom. The van der Waals surface area contributed by atoms with E-state index in [-0.39, 0.29) is 6.04 Å². The number of benzene rings is 1. The number of nitrogens with one attached hydrogen (secondary N) is 1. The molecule has 18 heavy (non-hydrogen) atoms. The Kier molecular flexibility index (Phi) is 3.59. The molecule has 3 nitrogen and oxygen atoms in total. The van der Waals surface area contributed by atoms with E-state index in [9.17, 15) is 0 Å². The van der Waals surface area contributed by atoms with Crippen LogP contribution in [0.15, 0.2) is 42.7 Å². The molecule has 1 atom stereocenters. The first-order chi connectivity index (χ1) is 8.70. The lowest BCUT2D eigenvalue weighted by atomic mass is 10.1. The van der Waals surface area contributed by atoms with Gasteiger partial charge in [0.15, 0.2) is 0 Å². The van der Waals surface area contributed by atoms with Crippen molar-refractivity contribution in [1.82, 2.24) is 4.98 Å². The maximum Gasteiger partial charge on any atom is 0.101 e. The van der Waals surface area contributed by atoms with Gasteiger partial charge in [-0.3, -0.25) is 4.98 Å². The molecule has 0 amide bonds. The van der Waals surface area contributed by atoms with Crippen LogP contribution in [0.1, 0.15) is 29.7 Å². The molecular formula is C15H15N3. The Morgan fingerprint density at radius 1 is 1.22 bits per heavy atom. The highest BCUT2D eigenvalue weighted by molar-refractivity contribution is 5.56. The second kappa shape index (κ2) is 5.33. The molecule has 1 heterocycles. The van der Waals surface area contributed by atoms with E-state index < -0.39 is 0 Å².